The van der Waals surface area contributed by atoms with E-state index in [9.17, 15) is 0 Å². The molecule has 1 aliphatic rings. The summed E-state index contributed by atoms with van der Waals surface area (Å²) in [4.78, 5) is 2.30. The molecule has 0 saturated heterocycles. The number of benzene rings is 1. The third kappa shape index (κ3) is 2.94. The first kappa shape index (κ1) is 14.8. The standard InChI is InChI=1S/C16H26N2O2/c1-11-6-5-7-12(8-11)18(2)14-10-16(20-4)15(19-3)9-13(14)17/h9-12H,5-8,17H2,1-4H3. The molecule has 0 aromatic heterocycles. The van der Waals surface area contributed by atoms with E-state index < -0.39 is 0 Å². The van der Waals surface area contributed by atoms with Crippen molar-refractivity contribution in [2.24, 2.45) is 5.92 Å². The van der Waals surface area contributed by atoms with Crippen LogP contribution in [0.2, 0.25) is 0 Å². The van der Waals surface area contributed by atoms with Crippen molar-refractivity contribution >= 4 is 11.4 Å². The van der Waals surface area contributed by atoms with E-state index in [4.69, 9.17) is 15.2 Å². The molecular weight excluding hydrogens is 252 g/mol. The predicted molar refractivity (Wildman–Crippen MR) is 83.8 cm³/mol. The Hall–Kier alpha value is -1.58. The Morgan fingerprint density at radius 3 is 2.40 bits per heavy atom. The van der Waals surface area contributed by atoms with Crippen molar-refractivity contribution < 1.29 is 9.47 Å². The average molecular weight is 278 g/mol. The summed E-state index contributed by atoms with van der Waals surface area (Å²) in [5.74, 6) is 2.20. The maximum Gasteiger partial charge on any atom is 0.162 e. The number of anilines is 2. The number of nitrogens with zero attached hydrogens (tertiary/aromatic N) is 1. The Morgan fingerprint density at radius 1 is 1.15 bits per heavy atom. The number of hydrogen-bond acceptors (Lipinski definition) is 4. The summed E-state index contributed by atoms with van der Waals surface area (Å²) in [6.07, 6.45) is 5.09. The fraction of sp³-hybridized carbons (Fsp3) is 0.625. The topological polar surface area (TPSA) is 47.7 Å². The van der Waals surface area contributed by atoms with Gasteiger partial charge in [0, 0.05) is 25.2 Å². The van der Waals surface area contributed by atoms with Gasteiger partial charge in [-0.15, -0.1) is 0 Å². The molecular formula is C16H26N2O2. The Labute approximate surface area is 121 Å². The van der Waals surface area contributed by atoms with Crippen molar-refractivity contribution in [3.8, 4) is 11.5 Å². The Kier molecular flexibility index (Phi) is 4.63. The molecule has 2 unspecified atom stereocenters. The molecule has 1 fully saturated rings. The van der Waals surface area contributed by atoms with Crippen molar-refractivity contribution in [1.82, 2.24) is 0 Å². The third-order valence-electron chi connectivity index (χ3n) is 4.37. The zero-order valence-corrected chi connectivity index (χ0v) is 13.0. The summed E-state index contributed by atoms with van der Waals surface area (Å²) in [6, 6.07) is 4.38. The van der Waals surface area contributed by atoms with E-state index in [0.717, 1.165) is 23.0 Å². The van der Waals surface area contributed by atoms with E-state index in [1.807, 2.05) is 12.1 Å². The van der Waals surface area contributed by atoms with E-state index in [0.29, 0.717) is 11.8 Å². The highest BCUT2D eigenvalue weighted by molar-refractivity contribution is 5.73. The van der Waals surface area contributed by atoms with Gasteiger partial charge >= 0.3 is 0 Å². The summed E-state index contributed by atoms with van der Waals surface area (Å²) < 4.78 is 10.7. The van der Waals surface area contributed by atoms with E-state index in [1.54, 1.807) is 14.2 Å². The lowest BCUT2D eigenvalue weighted by Crippen LogP contribution is -2.36. The van der Waals surface area contributed by atoms with Crippen LogP contribution in [0.25, 0.3) is 0 Å². The minimum Gasteiger partial charge on any atom is -0.493 e. The molecule has 4 heteroatoms. The van der Waals surface area contributed by atoms with Crippen molar-refractivity contribution in [3.05, 3.63) is 12.1 Å². The van der Waals surface area contributed by atoms with Crippen molar-refractivity contribution in [2.75, 3.05) is 31.9 Å². The summed E-state index contributed by atoms with van der Waals surface area (Å²) >= 11 is 0. The highest BCUT2D eigenvalue weighted by Crippen LogP contribution is 2.39. The van der Waals surface area contributed by atoms with Gasteiger partial charge in [-0.2, -0.15) is 0 Å². The minimum absolute atomic E-state index is 0.555. The van der Waals surface area contributed by atoms with Gasteiger partial charge in [0.05, 0.1) is 25.6 Å². The van der Waals surface area contributed by atoms with Gasteiger partial charge in [-0.1, -0.05) is 19.8 Å². The molecule has 0 spiro atoms. The second kappa shape index (κ2) is 6.25. The van der Waals surface area contributed by atoms with Crippen LogP contribution in [-0.4, -0.2) is 27.3 Å². The first-order valence-corrected chi connectivity index (χ1v) is 7.31. The van der Waals surface area contributed by atoms with Gasteiger partial charge in [0.1, 0.15) is 0 Å². The molecule has 4 nitrogen and oxygen atoms in total. The molecule has 1 aliphatic carbocycles. The molecule has 2 atom stereocenters. The zero-order chi connectivity index (χ0) is 14.7. The summed E-state index contributed by atoms with van der Waals surface area (Å²) in [5.41, 5.74) is 7.95. The maximum atomic E-state index is 6.19. The zero-order valence-electron chi connectivity index (χ0n) is 13.0. The van der Waals surface area contributed by atoms with Gasteiger partial charge in [0.2, 0.25) is 0 Å². The Morgan fingerprint density at radius 2 is 1.80 bits per heavy atom. The van der Waals surface area contributed by atoms with E-state index >= 15 is 0 Å². The molecule has 20 heavy (non-hydrogen) atoms. The first-order chi connectivity index (χ1) is 9.56. The molecule has 0 aliphatic heterocycles. The highest BCUT2D eigenvalue weighted by Gasteiger charge is 2.24. The van der Waals surface area contributed by atoms with Crippen LogP contribution >= 0.6 is 0 Å². The fourth-order valence-corrected chi connectivity index (χ4v) is 3.14. The number of nitrogens with two attached hydrogens (primary N) is 1. The van der Waals surface area contributed by atoms with Crippen LogP contribution in [0.4, 0.5) is 11.4 Å². The van der Waals surface area contributed by atoms with Crippen LogP contribution in [0.5, 0.6) is 11.5 Å². The molecule has 0 amide bonds. The van der Waals surface area contributed by atoms with Gasteiger partial charge in [-0.05, 0) is 18.8 Å². The molecule has 0 bridgehead atoms. The normalized spacial score (nSPS) is 22.4. The molecule has 2 N–H and O–H groups in total. The quantitative estimate of drug-likeness (QED) is 0.858. The lowest BCUT2D eigenvalue weighted by molar-refractivity contribution is 0.335. The molecule has 0 radical (unpaired) electrons. The minimum atomic E-state index is 0.555. The average Bonchev–Trinajstić information content (AvgIpc) is 2.46. The van der Waals surface area contributed by atoms with Gasteiger partial charge in [-0.3, -0.25) is 0 Å². The molecule has 2 rings (SSSR count). The smallest absolute Gasteiger partial charge is 0.162 e. The second-order valence-electron chi connectivity index (χ2n) is 5.80. The second-order valence-corrected chi connectivity index (χ2v) is 5.80. The Bertz CT molecular complexity index is 462. The van der Waals surface area contributed by atoms with Gasteiger partial charge in [0.15, 0.2) is 11.5 Å². The van der Waals surface area contributed by atoms with Gasteiger partial charge < -0.3 is 20.1 Å². The van der Waals surface area contributed by atoms with Crippen LogP contribution < -0.4 is 20.1 Å². The lowest BCUT2D eigenvalue weighted by Gasteiger charge is -2.36. The maximum absolute atomic E-state index is 6.19. The van der Waals surface area contributed by atoms with Gasteiger partial charge in [-0.25, -0.2) is 0 Å². The summed E-state index contributed by atoms with van der Waals surface area (Å²) in [5, 5.41) is 0. The van der Waals surface area contributed by atoms with Gasteiger partial charge in [0.25, 0.3) is 0 Å². The largest absolute Gasteiger partial charge is 0.493 e. The number of rotatable bonds is 4. The third-order valence-corrected chi connectivity index (χ3v) is 4.37. The Balaban J connectivity index is 2.26. The van der Waals surface area contributed by atoms with E-state index in [-0.39, 0.29) is 0 Å². The molecule has 1 aromatic rings. The van der Waals surface area contributed by atoms with E-state index in [1.165, 1.54) is 25.7 Å². The van der Waals surface area contributed by atoms with Crippen LogP contribution in [-0.2, 0) is 0 Å². The van der Waals surface area contributed by atoms with Crippen molar-refractivity contribution in [3.63, 3.8) is 0 Å². The molecule has 112 valence electrons. The predicted octanol–water partition coefficient (Wildman–Crippen LogP) is 3.30. The summed E-state index contributed by atoms with van der Waals surface area (Å²) in [6.45, 7) is 2.33. The monoisotopic (exact) mass is 278 g/mol. The molecule has 1 aromatic carbocycles. The number of ether oxygens (including phenoxy) is 2. The van der Waals surface area contributed by atoms with Crippen molar-refractivity contribution in [2.45, 2.75) is 38.6 Å². The van der Waals surface area contributed by atoms with Crippen LogP contribution in [0.15, 0.2) is 12.1 Å². The molecule has 0 heterocycles. The van der Waals surface area contributed by atoms with Crippen LogP contribution in [0, 0.1) is 5.92 Å². The lowest BCUT2D eigenvalue weighted by atomic mass is 9.86. The SMILES string of the molecule is COc1cc(N)c(N(C)C2CCCC(C)C2)cc1OC. The number of methoxy groups -OCH3 is 2. The van der Waals surface area contributed by atoms with E-state index in [2.05, 4.69) is 18.9 Å². The first-order valence-electron chi connectivity index (χ1n) is 7.31. The molecule has 1 saturated carbocycles. The van der Waals surface area contributed by atoms with Crippen LogP contribution in [0.1, 0.15) is 32.6 Å². The summed E-state index contributed by atoms with van der Waals surface area (Å²) in [7, 11) is 5.41. The fourth-order valence-electron chi connectivity index (χ4n) is 3.14. The van der Waals surface area contributed by atoms with Crippen LogP contribution in [0.3, 0.4) is 0 Å². The number of nitrogen functional groups attached to an aromatic ring is 1. The highest BCUT2D eigenvalue weighted by atomic mass is 16.5. The van der Waals surface area contributed by atoms with Crippen molar-refractivity contribution in [1.29, 1.82) is 0 Å². The number of hydrogen-bond donors (Lipinski definition) is 1.